The van der Waals surface area contributed by atoms with Gasteiger partial charge in [0.05, 0.1) is 29.8 Å². The predicted molar refractivity (Wildman–Crippen MR) is 119 cm³/mol. The summed E-state index contributed by atoms with van der Waals surface area (Å²) in [5, 5.41) is 20.5. The molecule has 3 N–H and O–H groups in total. The highest BCUT2D eigenvalue weighted by atomic mass is 16.2. The van der Waals surface area contributed by atoms with E-state index in [0.717, 1.165) is 36.1 Å². The number of hydrogen-bond acceptors (Lipinski definition) is 7. The van der Waals surface area contributed by atoms with Crippen molar-refractivity contribution in [3.05, 3.63) is 58.7 Å². The Hall–Kier alpha value is -4.35. The first-order valence-corrected chi connectivity index (χ1v) is 11.5. The second-order valence-corrected chi connectivity index (χ2v) is 9.02. The number of carbonyl (C=O) groups is 4. The van der Waals surface area contributed by atoms with Crippen molar-refractivity contribution in [1.29, 1.82) is 0 Å². The molecule has 1 fully saturated rings. The van der Waals surface area contributed by atoms with Crippen LogP contribution < -0.4 is 10.6 Å². The van der Waals surface area contributed by atoms with Gasteiger partial charge in [-0.2, -0.15) is 5.10 Å². The zero-order valence-corrected chi connectivity index (χ0v) is 18.7. The summed E-state index contributed by atoms with van der Waals surface area (Å²) in [4.78, 5) is 50.9. The Kier molecular flexibility index (Phi) is 4.94. The van der Waals surface area contributed by atoms with Crippen molar-refractivity contribution in [2.75, 3.05) is 0 Å². The summed E-state index contributed by atoms with van der Waals surface area (Å²) in [6.07, 6.45) is 6.57. The second kappa shape index (κ2) is 8.15. The maximum Gasteiger partial charge on any atom is 0.274 e. The second-order valence-electron chi connectivity index (χ2n) is 9.02. The number of piperidine rings is 1. The smallest absolute Gasteiger partial charge is 0.274 e. The number of carbonyl (C=O) groups excluding carboxylic acids is 4. The van der Waals surface area contributed by atoms with Gasteiger partial charge in [-0.25, -0.2) is 4.68 Å². The molecule has 2 unspecified atom stereocenters. The molecule has 6 rings (SSSR count). The molecule has 0 spiro atoms. The maximum atomic E-state index is 12.9. The Morgan fingerprint density at radius 1 is 1.11 bits per heavy atom. The van der Waals surface area contributed by atoms with Crippen LogP contribution in [0.1, 0.15) is 69.4 Å². The summed E-state index contributed by atoms with van der Waals surface area (Å²) < 4.78 is 1.48. The average Bonchev–Trinajstić information content (AvgIpc) is 3.58. The molecule has 35 heavy (non-hydrogen) atoms. The number of aryl methyl sites for hydroxylation is 1. The fourth-order valence-corrected chi connectivity index (χ4v) is 5.04. The maximum absolute atomic E-state index is 12.9. The monoisotopic (exact) mass is 474 g/mol. The van der Waals surface area contributed by atoms with Crippen LogP contribution in [0, 0.1) is 0 Å². The number of benzene rings is 1. The summed E-state index contributed by atoms with van der Waals surface area (Å²) >= 11 is 0. The minimum atomic E-state index is -0.673. The molecule has 2 atom stereocenters. The van der Waals surface area contributed by atoms with Gasteiger partial charge in [0.2, 0.25) is 11.8 Å². The number of nitrogens with one attached hydrogen (secondary N) is 3. The summed E-state index contributed by atoms with van der Waals surface area (Å²) in [5.74, 6) is -1.35. The molecule has 4 heterocycles. The number of fused-ring (bicyclic) bond motifs is 2. The first-order valence-electron chi connectivity index (χ1n) is 11.5. The van der Waals surface area contributed by atoms with Gasteiger partial charge in [-0.05, 0) is 55.0 Å². The number of rotatable bonds is 4. The third-order valence-electron chi connectivity index (χ3n) is 6.84. The summed E-state index contributed by atoms with van der Waals surface area (Å²) in [7, 11) is 0. The summed E-state index contributed by atoms with van der Waals surface area (Å²) in [5.41, 5.74) is 4.11. The van der Waals surface area contributed by atoms with Gasteiger partial charge >= 0.3 is 0 Å². The van der Waals surface area contributed by atoms with Crippen LogP contribution in [-0.4, -0.2) is 59.8 Å². The Balaban J connectivity index is 1.18. The van der Waals surface area contributed by atoms with Gasteiger partial charge in [-0.3, -0.25) is 29.6 Å². The molecular weight excluding hydrogens is 452 g/mol. The lowest BCUT2D eigenvalue weighted by Gasteiger charge is -2.29. The van der Waals surface area contributed by atoms with E-state index >= 15 is 0 Å². The van der Waals surface area contributed by atoms with E-state index in [-0.39, 0.29) is 42.4 Å². The van der Waals surface area contributed by atoms with Gasteiger partial charge in [0.1, 0.15) is 6.04 Å². The van der Waals surface area contributed by atoms with E-state index in [9.17, 15) is 19.2 Å². The molecule has 2 aliphatic heterocycles. The lowest BCUT2D eigenvalue weighted by Crippen LogP contribution is -2.52. The molecule has 0 bridgehead atoms. The van der Waals surface area contributed by atoms with Crippen LogP contribution in [0.4, 0.5) is 0 Å². The van der Waals surface area contributed by atoms with Gasteiger partial charge in [0.25, 0.3) is 11.8 Å². The molecule has 12 heteroatoms. The van der Waals surface area contributed by atoms with Crippen LogP contribution in [0.25, 0.3) is 5.69 Å². The number of amides is 4. The van der Waals surface area contributed by atoms with Crippen molar-refractivity contribution < 1.29 is 19.2 Å². The Bertz CT molecular complexity index is 1380. The highest BCUT2D eigenvalue weighted by Gasteiger charge is 2.39. The summed E-state index contributed by atoms with van der Waals surface area (Å²) in [6.45, 7) is 0.254. The SMILES string of the molecule is O=C1CCC(N2Cc3cc(-n4cc(C(=O)NC5CCCc6cn[nH]c65)nn4)ccc3C2=O)C(=O)N1. The topological polar surface area (TPSA) is 155 Å². The molecule has 3 aliphatic rings. The van der Waals surface area contributed by atoms with Crippen molar-refractivity contribution >= 4 is 23.6 Å². The molecule has 2 aromatic heterocycles. The van der Waals surface area contributed by atoms with E-state index in [0.29, 0.717) is 17.7 Å². The van der Waals surface area contributed by atoms with Crippen molar-refractivity contribution in [1.82, 2.24) is 40.7 Å². The van der Waals surface area contributed by atoms with E-state index < -0.39 is 11.9 Å². The van der Waals surface area contributed by atoms with Gasteiger partial charge < -0.3 is 10.2 Å². The quantitative estimate of drug-likeness (QED) is 0.467. The molecule has 1 saturated heterocycles. The van der Waals surface area contributed by atoms with E-state index in [2.05, 4.69) is 31.1 Å². The van der Waals surface area contributed by atoms with Crippen LogP contribution in [0.15, 0.2) is 30.6 Å². The van der Waals surface area contributed by atoms with Gasteiger partial charge in [-0.1, -0.05) is 5.21 Å². The first-order chi connectivity index (χ1) is 17.0. The minimum Gasteiger partial charge on any atom is -0.342 e. The number of imide groups is 1. The van der Waals surface area contributed by atoms with Gasteiger partial charge in [0, 0.05) is 18.5 Å². The Morgan fingerprint density at radius 2 is 2.00 bits per heavy atom. The average molecular weight is 474 g/mol. The van der Waals surface area contributed by atoms with E-state index in [4.69, 9.17) is 0 Å². The Labute approximate surface area is 199 Å². The van der Waals surface area contributed by atoms with Gasteiger partial charge in [0.15, 0.2) is 5.69 Å². The number of aromatic nitrogens is 5. The molecular formula is C23H22N8O4. The highest BCUT2D eigenvalue weighted by molar-refractivity contribution is 6.05. The van der Waals surface area contributed by atoms with Crippen LogP contribution in [0.5, 0.6) is 0 Å². The molecule has 1 aromatic carbocycles. The van der Waals surface area contributed by atoms with E-state index in [1.54, 1.807) is 30.6 Å². The first kappa shape index (κ1) is 21.2. The molecule has 12 nitrogen and oxygen atoms in total. The number of H-pyrrole nitrogens is 1. The van der Waals surface area contributed by atoms with Crippen LogP contribution in [0.2, 0.25) is 0 Å². The standard InChI is InChI=1S/C23H22N8O4/c32-19-7-6-18(22(34)26-19)30-10-13-8-14(4-5-15(13)23(30)35)31-11-17(27-29-31)21(33)25-16-3-1-2-12-9-24-28-20(12)16/h4-5,8-9,11,16,18H,1-3,6-7,10H2,(H,24,28)(H,25,33)(H,26,32,34). The number of aromatic amines is 1. The fourth-order valence-electron chi connectivity index (χ4n) is 5.04. The molecule has 1 aliphatic carbocycles. The molecule has 4 amide bonds. The van der Waals surface area contributed by atoms with Crippen LogP contribution in [-0.2, 0) is 22.6 Å². The highest BCUT2D eigenvalue weighted by Crippen LogP contribution is 2.30. The van der Waals surface area contributed by atoms with E-state index in [1.807, 2.05) is 0 Å². The fraction of sp³-hybridized carbons (Fsp3) is 0.348. The van der Waals surface area contributed by atoms with Crippen molar-refractivity contribution in [3.8, 4) is 5.69 Å². The lowest BCUT2D eigenvalue weighted by atomic mass is 9.93. The van der Waals surface area contributed by atoms with Crippen LogP contribution >= 0.6 is 0 Å². The lowest BCUT2D eigenvalue weighted by molar-refractivity contribution is -0.136. The Morgan fingerprint density at radius 3 is 2.86 bits per heavy atom. The minimum absolute atomic E-state index is 0.150. The molecule has 0 radical (unpaired) electrons. The summed E-state index contributed by atoms with van der Waals surface area (Å²) in [6, 6.07) is 4.38. The third kappa shape index (κ3) is 3.66. The molecule has 178 valence electrons. The van der Waals surface area contributed by atoms with Crippen molar-refractivity contribution in [3.63, 3.8) is 0 Å². The molecule has 0 saturated carbocycles. The normalized spacial score (nSPS) is 21.5. The molecule has 3 aromatic rings. The number of hydrogen-bond donors (Lipinski definition) is 3. The van der Waals surface area contributed by atoms with Crippen molar-refractivity contribution in [2.24, 2.45) is 0 Å². The number of nitrogens with zero attached hydrogens (tertiary/aromatic N) is 5. The van der Waals surface area contributed by atoms with E-state index in [1.165, 1.54) is 9.58 Å². The van der Waals surface area contributed by atoms with Crippen LogP contribution in [0.3, 0.4) is 0 Å². The van der Waals surface area contributed by atoms with Crippen molar-refractivity contribution in [2.45, 2.75) is 50.7 Å². The third-order valence-corrected chi connectivity index (χ3v) is 6.84. The zero-order valence-electron chi connectivity index (χ0n) is 18.7. The zero-order chi connectivity index (χ0) is 24.1. The predicted octanol–water partition coefficient (Wildman–Crippen LogP) is 0.559. The largest absolute Gasteiger partial charge is 0.342 e. The van der Waals surface area contributed by atoms with Gasteiger partial charge in [-0.15, -0.1) is 5.10 Å².